The van der Waals surface area contributed by atoms with Crippen molar-refractivity contribution in [3.05, 3.63) is 23.4 Å². The molecule has 0 aromatic carbocycles. The molecule has 1 aromatic heterocycles. The Morgan fingerprint density at radius 1 is 1.25 bits per heavy atom. The molecule has 2 fully saturated rings. The molecular formula is C17H19ClN2O4. The van der Waals surface area contributed by atoms with Gasteiger partial charge in [-0.3, -0.25) is 14.4 Å². The van der Waals surface area contributed by atoms with Gasteiger partial charge in [-0.15, -0.1) is 0 Å². The highest BCUT2D eigenvalue weighted by Gasteiger charge is 2.41. The molecule has 1 aromatic rings. The standard InChI is InChI=1S/C17H19ClN2O4/c18-13-4-5-14(19-8-13)20-15(21)9-24-17(23)12-6-10-2-1-3-11(7-12)16(10)22/h4-5,8,10-12H,1-3,6-7,9H2,(H,19,20,21)/t10-,11+,12?. The van der Waals surface area contributed by atoms with Crippen molar-refractivity contribution in [1.29, 1.82) is 0 Å². The molecule has 24 heavy (non-hydrogen) atoms. The first-order valence-electron chi connectivity index (χ1n) is 8.14. The number of nitrogens with one attached hydrogen (secondary N) is 1. The summed E-state index contributed by atoms with van der Waals surface area (Å²) in [5, 5.41) is 3.00. The number of carbonyl (C=O) groups excluding carboxylic acids is 3. The van der Waals surface area contributed by atoms with Crippen LogP contribution in [0.15, 0.2) is 18.3 Å². The Hall–Kier alpha value is -1.95. The van der Waals surface area contributed by atoms with Crippen LogP contribution >= 0.6 is 11.6 Å². The van der Waals surface area contributed by atoms with Crippen LogP contribution in [0.2, 0.25) is 5.02 Å². The highest BCUT2D eigenvalue weighted by molar-refractivity contribution is 6.30. The molecule has 1 N–H and O–H groups in total. The van der Waals surface area contributed by atoms with Gasteiger partial charge in [-0.1, -0.05) is 18.0 Å². The molecule has 2 aliphatic rings. The number of halogens is 1. The van der Waals surface area contributed by atoms with Gasteiger partial charge < -0.3 is 10.1 Å². The highest BCUT2D eigenvalue weighted by atomic mass is 35.5. The van der Waals surface area contributed by atoms with Gasteiger partial charge in [-0.2, -0.15) is 0 Å². The van der Waals surface area contributed by atoms with E-state index in [0.29, 0.717) is 29.5 Å². The minimum absolute atomic E-state index is 0.0119. The zero-order chi connectivity index (χ0) is 17.1. The Balaban J connectivity index is 1.47. The first-order valence-corrected chi connectivity index (χ1v) is 8.52. The third-order valence-corrected chi connectivity index (χ3v) is 4.95. The fourth-order valence-corrected chi connectivity index (χ4v) is 3.67. The van der Waals surface area contributed by atoms with Crippen LogP contribution < -0.4 is 5.32 Å². The van der Waals surface area contributed by atoms with E-state index < -0.39 is 11.9 Å². The summed E-state index contributed by atoms with van der Waals surface area (Å²) in [6.45, 7) is -0.358. The highest BCUT2D eigenvalue weighted by Crippen LogP contribution is 2.40. The van der Waals surface area contributed by atoms with Gasteiger partial charge in [0.05, 0.1) is 10.9 Å². The van der Waals surface area contributed by atoms with E-state index in [0.717, 1.165) is 19.3 Å². The van der Waals surface area contributed by atoms with Crippen LogP contribution in [0.3, 0.4) is 0 Å². The summed E-state index contributed by atoms with van der Waals surface area (Å²) >= 11 is 5.72. The molecule has 128 valence electrons. The van der Waals surface area contributed by atoms with Crippen LogP contribution in [0.25, 0.3) is 0 Å². The number of amides is 1. The molecule has 6 nitrogen and oxygen atoms in total. The summed E-state index contributed by atoms with van der Waals surface area (Å²) in [5.41, 5.74) is 0. The maximum atomic E-state index is 12.2. The molecule has 0 radical (unpaired) electrons. The van der Waals surface area contributed by atoms with Gasteiger partial charge >= 0.3 is 5.97 Å². The van der Waals surface area contributed by atoms with Crippen molar-refractivity contribution in [2.24, 2.45) is 17.8 Å². The molecule has 3 rings (SSSR count). The zero-order valence-corrected chi connectivity index (χ0v) is 13.9. The summed E-state index contributed by atoms with van der Waals surface area (Å²) in [7, 11) is 0. The monoisotopic (exact) mass is 350 g/mol. The van der Waals surface area contributed by atoms with E-state index in [9.17, 15) is 14.4 Å². The molecule has 1 unspecified atom stereocenters. The summed E-state index contributed by atoms with van der Waals surface area (Å²) < 4.78 is 5.12. The quantitative estimate of drug-likeness (QED) is 0.844. The van der Waals surface area contributed by atoms with Crippen LogP contribution in [0.5, 0.6) is 0 Å². The average molecular weight is 351 g/mol. The molecular weight excluding hydrogens is 332 g/mol. The lowest BCUT2D eigenvalue weighted by Gasteiger charge is -2.36. The van der Waals surface area contributed by atoms with Gasteiger partial charge in [0.15, 0.2) is 6.61 Å². The number of ketones is 1. The fraction of sp³-hybridized carbons (Fsp3) is 0.529. The number of anilines is 1. The molecule has 0 aliphatic heterocycles. The predicted octanol–water partition coefficient (Wildman–Crippen LogP) is 2.61. The molecule has 7 heteroatoms. The van der Waals surface area contributed by atoms with Crippen LogP contribution in [-0.2, 0) is 19.1 Å². The third-order valence-electron chi connectivity index (χ3n) is 4.72. The number of ether oxygens (including phenoxy) is 1. The molecule has 2 saturated carbocycles. The van der Waals surface area contributed by atoms with E-state index >= 15 is 0 Å². The van der Waals surface area contributed by atoms with Crippen molar-refractivity contribution in [2.45, 2.75) is 32.1 Å². The lowest BCUT2D eigenvalue weighted by atomic mass is 9.67. The van der Waals surface area contributed by atoms with Gasteiger partial charge in [-0.05, 0) is 37.8 Å². The summed E-state index contributed by atoms with van der Waals surface area (Å²) in [5.74, 6) is -0.497. The zero-order valence-electron chi connectivity index (χ0n) is 13.2. The molecule has 2 bridgehead atoms. The van der Waals surface area contributed by atoms with Gasteiger partial charge in [0, 0.05) is 18.0 Å². The topological polar surface area (TPSA) is 85.4 Å². The molecule has 0 spiro atoms. The number of nitrogens with zero attached hydrogens (tertiary/aromatic N) is 1. The first kappa shape index (κ1) is 16.9. The number of Topliss-reactive ketones (excluding diaryl/α,β-unsaturated/α-hetero) is 1. The van der Waals surface area contributed by atoms with E-state index in [1.165, 1.54) is 6.20 Å². The van der Waals surface area contributed by atoms with Gasteiger partial charge in [-0.25, -0.2) is 4.98 Å². The third kappa shape index (κ3) is 3.93. The number of esters is 1. The van der Waals surface area contributed by atoms with E-state index in [1.807, 2.05) is 0 Å². The molecule has 1 amide bonds. The number of rotatable bonds is 4. The maximum Gasteiger partial charge on any atom is 0.309 e. The number of hydrogen-bond acceptors (Lipinski definition) is 5. The summed E-state index contributed by atoms with van der Waals surface area (Å²) in [4.78, 5) is 40.0. The SMILES string of the molecule is O=C(COC(=O)C1C[C@H]2CCC[C@@H](C1)C2=O)Nc1ccc(Cl)cn1. The van der Waals surface area contributed by atoms with E-state index in [2.05, 4.69) is 10.3 Å². The minimum Gasteiger partial charge on any atom is -0.455 e. The van der Waals surface area contributed by atoms with Crippen molar-refractivity contribution in [3.63, 3.8) is 0 Å². The van der Waals surface area contributed by atoms with Crippen molar-refractivity contribution in [3.8, 4) is 0 Å². The van der Waals surface area contributed by atoms with E-state index in [-0.39, 0.29) is 24.4 Å². The van der Waals surface area contributed by atoms with Crippen LogP contribution in [0.1, 0.15) is 32.1 Å². The largest absolute Gasteiger partial charge is 0.455 e. The smallest absolute Gasteiger partial charge is 0.309 e. The van der Waals surface area contributed by atoms with Gasteiger partial charge in [0.25, 0.3) is 5.91 Å². The Labute approximate surface area is 144 Å². The van der Waals surface area contributed by atoms with Crippen molar-refractivity contribution in [2.75, 3.05) is 11.9 Å². The van der Waals surface area contributed by atoms with Gasteiger partial charge in [0.1, 0.15) is 11.6 Å². The Kier molecular flexibility index (Phi) is 5.14. The van der Waals surface area contributed by atoms with Crippen LogP contribution in [-0.4, -0.2) is 29.3 Å². The number of fused-ring (bicyclic) bond motifs is 2. The Morgan fingerprint density at radius 3 is 2.58 bits per heavy atom. The van der Waals surface area contributed by atoms with E-state index in [4.69, 9.17) is 16.3 Å². The lowest BCUT2D eigenvalue weighted by Crippen LogP contribution is -2.40. The molecule has 2 aliphatic carbocycles. The molecule has 3 atom stereocenters. The van der Waals surface area contributed by atoms with E-state index in [1.54, 1.807) is 12.1 Å². The number of hydrogen-bond donors (Lipinski definition) is 1. The fourth-order valence-electron chi connectivity index (χ4n) is 3.56. The first-order chi connectivity index (χ1) is 11.5. The van der Waals surface area contributed by atoms with Crippen molar-refractivity contribution >= 4 is 35.1 Å². The lowest BCUT2D eigenvalue weighted by molar-refractivity contribution is -0.155. The summed E-state index contributed by atoms with van der Waals surface area (Å²) in [6, 6.07) is 3.17. The second-order valence-electron chi connectivity index (χ2n) is 6.41. The van der Waals surface area contributed by atoms with Gasteiger partial charge in [0.2, 0.25) is 0 Å². The second-order valence-corrected chi connectivity index (χ2v) is 6.85. The normalized spacial score (nSPS) is 25.9. The molecule has 1 heterocycles. The average Bonchev–Trinajstić information content (AvgIpc) is 2.54. The second kappa shape index (κ2) is 7.30. The minimum atomic E-state index is -0.453. The maximum absolute atomic E-state index is 12.2. The number of aromatic nitrogens is 1. The number of carbonyl (C=O) groups is 3. The van der Waals surface area contributed by atoms with Crippen LogP contribution in [0.4, 0.5) is 5.82 Å². The summed E-state index contributed by atoms with van der Waals surface area (Å²) in [6.07, 6.45) is 5.30. The van der Waals surface area contributed by atoms with Crippen molar-refractivity contribution in [1.82, 2.24) is 4.98 Å². The Morgan fingerprint density at radius 2 is 1.96 bits per heavy atom. The van der Waals surface area contributed by atoms with Crippen LogP contribution in [0, 0.1) is 17.8 Å². The Bertz CT molecular complexity index is 630. The number of pyridine rings is 1. The molecule has 0 saturated heterocycles. The predicted molar refractivity (Wildman–Crippen MR) is 87.4 cm³/mol. The van der Waals surface area contributed by atoms with Crippen molar-refractivity contribution < 1.29 is 19.1 Å².